The molecule has 1 atom stereocenters. The van der Waals surface area contributed by atoms with Gasteiger partial charge in [-0.05, 0) is 6.42 Å². The Morgan fingerprint density at radius 1 is 1.56 bits per heavy atom. The molecule has 3 N–H and O–H groups in total. The van der Waals surface area contributed by atoms with Crippen LogP contribution in [0, 0.1) is 0 Å². The van der Waals surface area contributed by atoms with Gasteiger partial charge in [-0.2, -0.15) is 0 Å². The molecule has 0 bridgehead atoms. The Labute approximate surface area is 90.1 Å². The van der Waals surface area contributed by atoms with Crippen molar-refractivity contribution in [1.82, 2.24) is 5.32 Å². The maximum Gasteiger partial charge on any atom is 0.575 e. The number of esters is 1. The van der Waals surface area contributed by atoms with Gasteiger partial charge in [0.15, 0.2) is 0 Å². The van der Waals surface area contributed by atoms with Gasteiger partial charge in [-0.15, -0.1) is 13.2 Å². The smallest absolute Gasteiger partial charge is 0.373 e. The Kier molecular flexibility index (Phi) is 5.79. The molecule has 1 fully saturated rings. The maximum absolute atomic E-state index is 10.9. The Morgan fingerprint density at radius 3 is 2.31 bits per heavy atom. The highest BCUT2D eigenvalue weighted by Gasteiger charge is 2.32. The minimum Gasteiger partial charge on any atom is -0.373 e. The Hall–Kier alpha value is -1.31. The lowest BCUT2D eigenvalue weighted by Gasteiger charge is -2.16. The highest BCUT2D eigenvalue weighted by molar-refractivity contribution is 5.77. The third-order valence-corrected chi connectivity index (χ3v) is 1.54. The number of hydrogen-bond donors (Lipinski definition) is 2. The van der Waals surface area contributed by atoms with Crippen molar-refractivity contribution in [2.75, 3.05) is 6.54 Å². The number of ether oxygens (including phenoxy) is 1. The van der Waals surface area contributed by atoms with Crippen molar-refractivity contribution in [2.45, 2.75) is 32.2 Å². The fraction of sp³-hybridized carbons (Fsp3) is 0.750. The van der Waals surface area contributed by atoms with E-state index >= 15 is 0 Å². The van der Waals surface area contributed by atoms with Gasteiger partial charge in [0.2, 0.25) is 5.91 Å². The molecule has 1 amide bonds. The molecule has 5 nitrogen and oxygen atoms in total. The summed E-state index contributed by atoms with van der Waals surface area (Å²) in [5.74, 6) is -1.26. The molecular formula is C8H13F3N2O3. The van der Waals surface area contributed by atoms with Crippen LogP contribution in [0.25, 0.3) is 0 Å². The highest BCUT2D eigenvalue weighted by atomic mass is 19.4. The van der Waals surface area contributed by atoms with E-state index in [0.29, 0.717) is 13.3 Å². The van der Waals surface area contributed by atoms with E-state index in [1.165, 1.54) is 0 Å². The van der Waals surface area contributed by atoms with Crippen molar-refractivity contribution in [2.24, 2.45) is 5.73 Å². The van der Waals surface area contributed by atoms with Crippen molar-refractivity contribution in [3.63, 3.8) is 0 Å². The van der Waals surface area contributed by atoms with Gasteiger partial charge in [0.1, 0.15) is 0 Å². The predicted molar refractivity (Wildman–Crippen MR) is 48.0 cm³/mol. The highest BCUT2D eigenvalue weighted by Crippen LogP contribution is 2.15. The zero-order chi connectivity index (χ0) is 12.8. The molecule has 0 saturated carbocycles. The third kappa shape index (κ3) is 9.25. The first kappa shape index (κ1) is 14.7. The number of halogens is 3. The lowest BCUT2D eigenvalue weighted by Crippen LogP contribution is -2.40. The Balaban J connectivity index is 0.000000281. The summed E-state index contributed by atoms with van der Waals surface area (Å²) in [7, 11) is 0. The second-order valence-corrected chi connectivity index (χ2v) is 3.14. The number of alkyl halides is 3. The molecule has 8 heteroatoms. The molecule has 0 aliphatic carbocycles. The molecule has 1 aliphatic heterocycles. The molecule has 0 spiro atoms. The molecule has 1 unspecified atom stereocenters. The maximum atomic E-state index is 10.9. The van der Waals surface area contributed by atoms with Crippen LogP contribution in [0.5, 0.6) is 0 Å². The van der Waals surface area contributed by atoms with E-state index in [1.54, 1.807) is 0 Å². The number of nitrogens with two attached hydrogens (primary N) is 1. The number of carbonyl (C=O) groups is 2. The fourth-order valence-electron chi connectivity index (χ4n) is 0.972. The normalized spacial score (nSPS) is 20.3. The number of rotatable bonds is 0. The topological polar surface area (TPSA) is 81.4 Å². The molecule has 0 aromatic heterocycles. The minimum atomic E-state index is -4.83. The molecule has 16 heavy (non-hydrogen) atoms. The van der Waals surface area contributed by atoms with E-state index in [0.717, 1.165) is 13.0 Å². The first-order chi connectivity index (χ1) is 7.20. The van der Waals surface area contributed by atoms with Crippen LogP contribution >= 0.6 is 0 Å². The summed E-state index contributed by atoms with van der Waals surface area (Å²) in [5, 5.41) is 2.69. The first-order valence-electron chi connectivity index (χ1n) is 4.49. The Morgan fingerprint density at radius 2 is 2.12 bits per heavy atom. The summed E-state index contributed by atoms with van der Waals surface area (Å²) in [6.07, 6.45) is -3.41. The van der Waals surface area contributed by atoms with Crippen LogP contribution < -0.4 is 11.1 Å². The quantitative estimate of drug-likeness (QED) is 0.598. The van der Waals surface area contributed by atoms with Gasteiger partial charge in [0.05, 0.1) is 0 Å². The van der Waals surface area contributed by atoms with Gasteiger partial charge in [0, 0.05) is 25.9 Å². The number of carbonyl (C=O) groups excluding carboxylic acids is 2. The summed E-state index contributed by atoms with van der Waals surface area (Å²) in [6.45, 7) is 1.44. The summed E-state index contributed by atoms with van der Waals surface area (Å²) >= 11 is 0. The molecule has 0 aromatic carbocycles. The van der Waals surface area contributed by atoms with E-state index in [2.05, 4.69) is 10.1 Å². The van der Waals surface area contributed by atoms with Gasteiger partial charge in [0.25, 0.3) is 0 Å². The van der Waals surface area contributed by atoms with Crippen molar-refractivity contribution in [3.8, 4) is 0 Å². The van der Waals surface area contributed by atoms with Crippen LogP contribution in [0.2, 0.25) is 0 Å². The molecule has 0 radical (unpaired) electrons. The average molecular weight is 242 g/mol. The Bertz CT molecular complexity index is 255. The van der Waals surface area contributed by atoms with E-state index in [-0.39, 0.29) is 11.9 Å². The number of hydrogen-bond acceptors (Lipinski definition) is 4. The van der Waals surface area contributed by atoms with Gasteiger partial charge in [-0.3, -0.25) is 9.59 Å². The van der Waals surface area contributed by atoms with Crippen LogP contribution in [0.4, 0.5) is 13.2 Å². The van der Waals surface area contributed by atoms with Crippen molar-refractivity contribution >= 4 is 11.9 Å². The third-order valence-electron chi connectivity index (χ3n) is 1.54. The van der Waals surface area contributed by atoms with E-state index in [1.807, 2.05) is 0 Å². The second kappa shape index (κ2) is 6.31. The lowest BCUT2D eigenvalue weighted by molar-refractivity contribution is -0.304. The summed E-state index contributed by atoms with van der Waals surface area (Å²) in [6, 6.07) is 0.101. The monoisotopic (exact) mass is 242 g/mol. The first-order valence-corrected chi connectivity index (χ1v) is 4.49. The largest absolute Gasteiger partial charge is 0.575 e. The van der Waals surface area contributed by atoms with Crippen molar-refractivity contribution in [1.29, 1.82) is 0 Å². The predicted octanol–water partition coefficient (Wildman–Crippen LogP) is 0.293. The summed E-state index contributed by atoms with van der Waals surface area (Å²) < 4.78 is 35.4. The van der Waals surface area contributed by atoms with E-state index in [4.69, 9.17) is 5.73 Å². The average Bonchev–Trinajstić information content (AvgIpc) is 1.98. The zero-order valence-electron chi connectivity index (χ0n) is 8.63. The number of amides is 1. The van der Waals surface area contributed by atoms with Crippen LogP contribution in [0.1, 0.15) is 19.8 Å². The second-order valence-electron chi connectivity index (χ2n) is 3.14. The van der Waals surface area contributed by atoms with Crippen molar-refractivity contribution < 1.29 is 27.5 Å². The fourth-order valence-corrected chi connectivity index (χ4v) is 0.972. The number of piperidine rings is 1. The number of nitrogens with one attached hydrogen (secondary N) is 1. The van der Waals surface area contributed by atoms with Crippen LogP contribution in [0.15, 0.2) is 0 Å². The van der Waals surface area contributed by atoms with E-state index in [9.17, 15) is 22.8 Å². The summed E-state index contributed by atoms with van der Waals surface area (Å²) in [5.41, 5.74) is 5.46. The molecular weight excluding hydrogens is 229 g/mol. The minimum absolute atomic E-state index is 0.0868. The SMILES string of the molecule is CC(=O)OC(F)(F)F.NC1CCNC(=O)C1. The molecule has 1 saturated heterocycles. The van der Waals surface area contributed by atoms with Crippen LogP contribution in [-0.4, -0.2) is 30.8 Å². The van der Waals surface area contributed by atoms with Gasteiger partial charge < -0.3 is 15.8 Å². The molecule has 1 rings (SSSR count). The molecule has 0 aromatic rings. The van der Waals surface area contributed by atoms with Crippen LogP contribution in [-0.2, 0) is 14.3 Å². The molecule has 94 valence electrons. The van der Waals surface area contributed by atoms with E-state index < -0.39 is 12.3 Å². The zero-order valence-corrected chi connectivity index (χ0v) is 8.63. The van der Waals surface area contributed by atoms with Crippen LogP contribution in [0.3, 0.4) is 0 Å². The van der Waals surface area contributed by atoms with Gasteiger partial charge in [-0.1, -0.05) is 0 Å². The summed E-state index contributed by atoms with van der Waals surface area (Å²) in [4.78, 5) is 20.0. The van der Waals surface area contributed by atoms with Gasteiger partial charge >= 0.3 is 12.3 Å². The molecule has 1 heterocycles. The van der Waals surface area contributed by atoms with Gasteiger partial charge in [-0.25, -0.2) is 0 Å². The standard InChI is InChI=1S/C5H10N2O.C3H3F3O2/c6-4-1-2-7-5(8)3-4;1-2(7)8-3(4,5)6/h4H,1-3,6H2,(H,7,8);1H3. The molecule has 1 aliphatic rings. The lowest BCUT2D eigenvalue weighted by atomic mass is 10.1. The van der Waals surface area contributed by atoms with Crippen molar-refractivity contribution in [3.05, 3.63) is 0 Å².